The van der Waals surface area contributed by atoms with E-state index in [4.69, 9.17) is 16.3 Å². The van der Waals surface area contributed by atoms with E-state index in [1.807, 2.05) is 0 Å². The molecule has 1 saturated heterocycles. The summed E-state index contributed by atoms with van der Waals surface area (Å²) in [5.74, 6) is 0.583. The first-order valence-corrected chi connectivity index (χ1v) is 6.96. The molecule has 0 bridgehead atoms. The van der Waals surface area contributed by atoms with Crippen molar-refractivity contribution in [3.8, 4) is 5.75 Å². The third-order valence-electron chi connectivity index (χ3n) is 3.18. The van der Waals surface area contributed by atoms with E-state index in [0.717, 1.165) is 25.9 Å². The van der Waals surface area contributed by atoms with Crippen LogP contribution in [0.3, 0.4) is 0 Å². The Morgan fingerprint density at radius 1 is 1.37 bits per heavy atom. The highest BCUT2D eigenvalue weighted by molar-refractivity contribution is 6.30. The van der Waals surface area contributed by atoms with Gasteiger partial charge in [-0.05, 0) is 57.1 Å². The molecule has 1 amide bonds. The quantitative estimate of drug-likeness (QED) is 0.888. The van der Waals surface area contributed by atoms with Crippen molar-refractivity contribution in [1.82, 2.24) is 10.6 Å². The van der Waals surface area contributed by atoms with Crippen LogP contribution in [0.4, 0.5) is 0 Å². The minimum absolute atomic E-state index is 0.0677. The molecular weight excluding hydrogens is 264 g/mol. The molecule has 1 unspecified atom stereocenters. The highest BCUT2D eigenvalue weighted by atomic mass is 35.5. The van der Waals surface area contributed by atoms with Crippen LogP contribution in [-0.4, -0.2) is 31.1 Å². The van der Waals surface area contributed by atoms with Crippen molar-refractivity contribution in [1.29, 1.82) is 0 Å². The molecule has 5 heteroatoms. The molecule has 1 fully saturated rings. The number of halogens is 1. The van der Waals surface area contributed by atoms with Crippen LogP contribution in [0, 0.1) is 0 Å². The van der Waals surface area contributed by atoms with Gasteiger partial charge < -0.3 is 15.4 Å². The Bertz CT molecular complexity index is 416. The van der Waals surface area contributed by atoms with E-state index in [1.54, 1.807) is 31.2 Å². The standard InChI is InChI=1S/C14H19ClN2O2/c1-10(19-13-4-2-11(15)3-5-13)14(18)17-12-6-8-16-9-7-12/h2-5,10,12,16H,6-9H2,1H3,(H,17,18). The topological polar surface area (TPSA) is 50.4 Å². The minimum atomic E-state index is -0.504. The fraction of sp³-hybridized carbons (Fsp3) is 0.500. The zero-order valence-electron chi connectivity index (χ0n) is 11.0. The number of hydrogen-bond donors (Lipinski definition) is 2. The zero-order valence-corrected chi connectivity index (χ0v) is 11.7. The molecule has 19 heavy (non-hydrogen) atoms. The molecule has 2 rings (SSSR count). The second-order valence-electron chi connectivity index (χ2n) is 4.75. The van der Waals surface area contributed by atoms with E-state index in [2.05, 4.69) is 10.6 Å². The van der Waals surface area contributed by atoms with Crippen LogP contribution < -0.4 is 15.4 Å². The summed E-state index contributed by atoms with van der Waals surface area (Å²) in [5, 5.41) is 6.94. The van der Waals surface area contributed by atoms with Crippen molar-refractivity contribution in [3.63, 3.8) is 0 Å². The third kappa shape index (κ3) is 4.40. The average molecular weight is 283 g/mol. The fourth-order valence-corrected chi connectivity index (χ4v) is 2.18. The molecule has 1 heterocycles. The molecular formula is C14H19ClN2O2. The van der Waals surface area contributed by atoms with Crippen LogP contribution in [0.1, 0.15) is 19.8 Å². The lowest BCUT2D eigenvalue weighted by Gasteiger charge is -2.25. The number of carbonyl (C=O) groups is 1. The molecule has 0 spiro atoms. The van der Waals surface area contributed by atoms with Gasteiger partial charge in [-0.25, -0.2) is 0 Å². The SMILES string of the molecule is CC(Oc1ccc(Cl)cc1)C(=O)NC1CCNCC1. The van der Waals surface area contributed by atoms with E-state index >= 15 is 0 Å². The van der Waals surface area contributed by atoms with E-state index in [0.29, 0.717) is 10.8 Å². The average Bonchev–Trinajstić information content (AvgIpc) is 2.42. The second-order valence-corrected chi connectivity index (χ2v) is 5.18. The molecule has 1 aromatic carbocycles. The van der Waals surface area contributed by atoms with Crippen molar-refractivity contribution >= 4 is 17.5 Å². The molecule has 1 atom stereocenters. The van der Waals surface area contributed by atoms with E-state index < -0.39 is 6.10 Å². The number of hydrogen-bond acceptors (Lipinski definition) is 3. The summed E-state index contributed by atoms with van der Waals surface area (Å²) in [6.07, 6.45) is 1.44. The van der Waals surface area contributed by atoms with Crippen molar-refractivity contribution in [2.45, 2.75) is 31.9 Å². The van der Waals surface area contributed by atoms with Gasteiger partial charge >= 0.3 is 0 Å². The van der Waals surface area contributed by atoms with Gasteiger partial charge in [0.25, 0.3) is 5.91 Å². The number of rotatable bonds is 4. The Balaban J connectivity index is 1.83. The monoisotopic (exact) mass is 282 g/mol. The Labute approximate surface area is 118 Å². The Hall–Kier alpha value is -1.26. The van der Waals surface area contributed by atoms with Crippen LogP contribution >= 0.6 is 11.6 Å². The number of carbonyl (C=O) groups excluding carboxylic acids is 1. The number of ether oxygens (including phenoxy) is 1. The van der Waals surface area contributed by atoms with Gasteiger partial charge in [-0.15, -0.1) is 0 Å². The molecule has 0 aliphatic carbocycles. The van der Waals surface area contributed by atoms with Gasteiger partial charge in [-0.1, -0.05) is 11.6 Å². The maximum atomic E-state index is 12.0. The molecule has 104 valence electrons. The maximum Gasteiger partial charge on any atom is 0.260 e. The van der Waals surface area contributed by atoms with Crippen LogP contribution in [-0.2, 0) is 4.79 Å². The van der Waals surface area contributed by atoms with Gasteiger partial charge in [-0.3, -0.25) is 4.79 Å². The smallest absolute Gasteiger partial charge is 0.260 e. The Kier molecular flexibility index (Phi) is 5.05. The molecule has 1 aliphatic heterocycles. The third-order valence-corrected chi connectivity index (χ3v) is 3.43. The predicted octanol–water partition coefficient (Wildman–Crippen LogP) is 1.98. The van der Waals surface area contributed by atoms with E-state index in [-0.39, 0.29) is 11.9 Å². The summed E-state index contributed by atoms with van der Waals surface area (Å²) in [6.45, 7) is 3.67. The number of piperidine rings is 1. The van der Waals surface area contributed by atoms with Gasteiger partial charge in [-0.2, -0.15) is 0 Å². The molecule has 1 aliphatic rings. The summed E-state index contributed by atoms with van der Waals surface area (Å²) in [6, 6.07) is 7.26. The lowest BCUT2D eigenvalue weighted by atomic mass is 10.1. The number of amides is 1. The lowest BCUT2D eigenvalue weighted by molar-refractivity contribution is -0.128. The van der Waals surface area contributed by atoms with Crippen molar-refractivity contribution in [3.05, 3.63) is 29.3 Å². The molecule has 0 saturated carbocycles. The highest BCUT2D eigenvalue weighted by Gasteiger charge is 2.20. The first-order valence-electron chi connectivity index (χ1n) is 6.58. The van der Waals surface area contributed by atoms with Crippen LogP contribution in [0.25, 0.3) is 0 Å². The molecule has 4 nitrogen and oxygen atoms in total. The second kappa shape index (κ2) is 6.78. The summed E-state index contributed by atoms with van der Waals surface area (Å²) in [7, 11) is 0. The summed E-state index contributed by atoms with van der Waals surface area (Å²) < 4.78 is 5.59. The van der Waals surface area contributed by atoms with Crippen LogP contribution in [0.5, 0.6) is 5.75 Å². The molecule has 2 N–H and O–H groups in total. The fourth-order valence-electron chi connectivity index (χ4n) is 2.06. The molecule has 0 aromatic heterocycles. The van der Waals surface area contributed by atoms with Gasteiger partial charge in [0.05, 0.1) is 0 Å². The van der Waals surface area contributed by atoms with Crippen molar-refractivity contribution in [2.75, 3.05) is 13.1 Å². The van der Waals surface area contributed by atoms with Crippen LogP contribution in [0.2, 0.25) is 5.02 Å². The van der Waals surface area contributed by atoms with Gasteiger partial charge in [0.1, 0.15) is 5.75 Å². The minimum Gasteiger partial charge on any atom is -0.481 e. The van der Waals surface area contributed by atoms with Gasteiger partial charge in [0.2, 0.25) is 0 Å². The first-order chi connectivity index (χ1) is 9.15. The van der Waals surface area contributed by atoms with Crippen LogP contribution in [0.15, 0.2) is 24.3 Å². The number of nitrogens with one attached hydrogen (secondary N) is 2. The Morgan fingerprint density at radius 3 is 2.63 bits per heavy atom. The summed E-state index contributed by atoms with van der Waals surface area (Å²) >= 11 is 5.80. The van der Waals surface area contributed by atoms with Gasteiger partial charge in [0.15, 0.2) is 6.10 Å². The largest absolute Gasteiger partial charge is 0.481 e. The summed E-state index contributed by atoms with van der Waals surface area (Å²) in [4.78, 5) is 12.0. The van der Waals surface area contributed by atoms with Crippen molar-refractivity contribution < 1.29 is 9.53 Å². The Morgan fingerprint density at radius 2 is 2.00 bits per heavy atom. The lowest BCUT2D eigenvalue weighted by Crippen LogP contribution is -2.46. The normalized spacial score (nSPS) is 17.8. The summed E-state index contributed by atoms with van der Waals surface area (Å²) in [5.41, 5.74) is 0. The maximum absolute atomic E-state index is 12.0. The number of benzene rings is 1. The predicted molar refractivity (Wildman–Crippen MR) is 75.6 cm³/mol. The zero-order chi connectivity index (χ0) is 13.7. The van der Waals surface area contributed by atoms with E-state index in [1.165, 1.54) is 0 Å². The van der Waals surface area contributed by atoms with E-state index in [9.17, 15) is 4.79 Å². The molecule has 0 radical (unpaired) electrons. The first kappa shape index (κ1) is 14.2. The van der Waals surface area contributed by atoms with Gasteiger partial charge in [0, 0.05) is 11.1 Å². The van der Waals surface area contributed by atoms with Crippen molar-refractivity contribution in [2.24, 2.45) is 0 Å². The molecule has 1 aromatic rings. The highest BCUT2D eigenvalue weighted by Crippen LogP contribution is 2.17.